The van der Waals surface area contributed by atoms with Crippen LogP contribution in [0, 0.1) is 0 Å². The summed E-state index contributed by atoms with van der Waals surface area (Å²) in [6, 6.07) is 37.8. The molecule has 0 saturated carbocycles. The Balaban J connectivity index is 0.00000256. The largest absolute Gasteiger partial charge is 0.299 e. The second-order valence-corrected chi connectivity index (χ2v) is 7.02. The first kappa shape index (κ1) is 21.5. The molecule has 4 aromatic rings. The topological polar surface area (TPSA) is 29.1 Å². The van der Waals surface area contributed by atoms with Crippen molar-refractivity contribution in [1.82, 2.24) is 5.32 Å². The standard InChI is InChI=1S/C27H23NO.ClH/c29-27(25-14-8-3-9-15-25)26(24-12-6-2-7-13-24)28-20-21-16-18-23(19-17-21)22-10-4-1-5-11-22;/h1-19,26,28H,20H2;1H. The van der Waals surface area contributed by atoms with Gasteiger partial charge in [0, 0.05) is 12.1 Å². The molecule has 0 spiro atoms. The lowest BCUT2D eigenvalue weighted by molar-refractivity contribution is 0.0942. The van der Waals surface area contributed by atoms with Gasteiger partial charge < -0.3 is 0 Å². The van der Waals surface area contributed by atoms with Crippen LogP contribution in [0.3, 0.4) is 0 Å². The zero-order valence-corrected chi connectivity index (χ0v) is 17.4. The molecule has 0 aliphatic rings. The molecule has 4 rings (SSSR count). The fourth-order valence-corrected chi connectivity index (χ4v) is 3.44. The zero-order chi connectivity index (χ0) is 19.9. The molecule has 0 heterocycles. The number of halogens is 1. The number of nitrogens with one attached hydrogen (secondary N) is 1. The number of ketones is 1. The van der Waals surface area contributed by atoms with E-state index in [9.17, 15) is 4.79 Å². The summed E-state index contributed by atoms with van der Waals surface area (Å²) in [4.78, 5) is 13.1. The molecule has 2 nitrogen and oxygen atoms in total. The van der Waals surface area contributed by atoms with E-state index < -0.39 is 0 Å². The maximum atomic E-state index is 13.1. The molecule has 0 bridgehead atoms. The first-order valence-corrected chi connectivity index (χ1v) is 9.83. The van der Waals surface area contributed by atoms with Crippen LogP contribution in [-0.4, -0.2) is 5.78 Å². The van der Waals surface area contributed by atoms with Crippen molar-refractivity contribution in [2.75, 3.05) is 0 Å². The van der Waals surface area contributed by atoms with Gasteiger partial charge in [-0.25, -0.2) is 0 Å². The highest BCUT2D eigenvalue weighted by molar-refractivity contribution is 6.00. The molecule has 1 atom stereocenters. The summed E-state index contributed by atoms with van der Waals surface area (Å²) < 4.78 is 0. The van der Waals surface area contributed by atoms with Gasteiger partial charge >= 0.3 is 0 Å². The van der Waals surface area contributed by atoms with Crippen LogP contribution in [-0.2, 0) is 6.54 Å². The molecule has 0 aromatic heterocycles. The van der Waals surface area contributed by atoms with E-state index in [1.807, 2.05) is 78.9 Å². The van der Waals surface area contributed by atoms with Crippen LogP contribution in [0.1, 0.15) is 27.5 Å². The van der Waals surface area contributed by atoms with Crippen LogP contribution in [0.5, 0.6) is 0 Å². The Morgan fingerprint density at radius 3 is 1.73 bits per heavy atom. The first-order chi connectivity index (χ1) is 14.3. The third-order valence-electron chi connectivity index (χ3n) is 5.02. The van der Waals surface area contributed by atoms with Crippen molar-refractivity contribution in [3.8, 4) is 11.1 Å². The van der Waals surface area contributed by atoms with E-state index in [0.29, 0.717) is 12.1 Å². The van der Waals surface area contributed by atoms with Crippen LogP contribution in [0.4, 0.5) is 0 Å². The molecule has 0 aliphatic heterocycles. The Bertz CT molecular complexity index is 1050. The van der Waals surface area contributed by atoms with E-state index in [-0.39, 0.29) is 24.2 Å². The average Bonchev–Trinajstić information content (AvgIpc) is 2.81. The smallest absolute Gasteiger partial charge is 0.184 e. The molecular formula is C27H24ClNO. The minimum atomic E-state index is -0.382. The Hall–Kier alpha value is -3.20. The van der Waals surface area contributed by atoms with E-state index in [0.717, 1.165) is 11.1 Å². The monoisotopic (exact) mass is 413 g/mol. The highest BCUT2D eigenvalue weighted by Crippen LogP contribution is 2.21. The second-order valence-electron chi connectivity index (χ2n) is 7.02. The third-order valence-corrected chi connectivity index (χ3v) is 5.02. The number of benzene rings is 4. The van der Waals surface area contributed by atoms with E-state index >= 15 is 0 Å². The Labute approximate surface area is 184 Å². The van der Waals surface area contributed by atoms with Crippen LogP contribution in [0.2, 0.25) is 0 Å². The zero-order valence-electron chi connectivity index (χ0n) is 16.6. The molecule has 30 heavy (non-hydrogen) atoms. The minimum absolute atomic E-state index is 0. The Morgan fingerprint density at radius 1 is 0.633 bits per heavy atom. The molecule has 150 valence electrons. The van der Waals surface area contributed by atoms with Gasteiger partial charge in [-0.1, -0.05) is 115 Å². The van der Waals surface area contributed by atoms with Crippen molar-refractivity contribution in [2.24, 2.45) is 0 Å². The summed E-state index contributed by atoms with van der Waals surface area (Å²) in [7, 11) is 0. The number of hydrogen-bond donors (Lipinski definition) is 1. The molecule has 3 heteroatoms. The summed E-state index contributed by atoms with van der Waals surface area (Å²) in [5.74, 6) is 0.0812. The van der Waals surface area contributed by atoms with Gasteiger partial charge in [-0.15, -0.1) is 12.4 Å². The van der Waals surface area contributed by atoms with Gasteiger partial charge in [-0.05, 0) is 22.3 Å². The number of hydrogen-bond acceptors (Lipinski definition) is 2. The fraction of sp³-hybridized carbons (Fsp3) is 0.0741. The minimum Gasteiger partial charge on any atom is -0.299 e. The van der Waals surface area contributed by atoms with Gasteiger partial charge in [0.05, 0.1) is 6.04 Å². The normalized spacial score (nSPS) is 11.3. The van der Waals surface area contributed by atoms with Crippen LogP contribution in [0.15, 0.2) is 115 Å². The predicted octanol–water partition coefficient (Wildman–Crippen LogP) is 6.49. The Morgan fingerprint density at radius 2 is 1.13 bits per heavy atom. The van der Waals surface area contributed by atoms with Gasteiger partial charge in [0.25, 0.3) is 0 Å². The summed E-state index contributed by atoms with van der Waals surface area (Å²) >= 11 is 0. The van der Waals surface area contributed by atoms with Crippen molar-refractivity contribution in [2.45, 2.75) is 12.6 Å². The second kappa shape index (κ2) is 10.5. The van der Waals surface area contributed by atoms with Crippen LogP contribution in [0.25, 0.3) is 11.1 Å². The molecule has 0 aliphatic carbocycles. The Kier molecular flexibility index (Phi) is 7.56. The summed E-state index contributed by atoms with van der Waals surface area (Å²) in [6.45, 7) is 0.618. The predicted molar refractivity (Wildman–Crippen MR) is 126 cm³/mol. The number of Topliss-reactive ketones (excluding diaryl/α,β-unsaturated/α-hetero) is 1. The molecular weight excluding hydrogens is 390 g/mol. The van der Waals surface area contributed by atoms with Crippen LogP contribution >= 0.6 is 12.4 Å². The lowest BCUT2D eigenvalue weighted by Gasteiger charge is -2.18. The molecule has 1 N–H and O–H groups in total. The van der Waals surface area contributed by atoms with Crippen LogP contribution < -0.4 is 5.32 Å². The highest BCUT2D eigenvalue weighted by atomic mass is 35.5. The maximum Gasteiger partial charge on any atom is 0.184 e. The molecule has 4 aromatic carbocycles. The average molecular weight is 414 g/mol. The fourth-order valence-electron chi connectivity index (χ4n) is 3.44. The summed E-state index contributed by atoms with van der Waals surface area (Å²) in [5, 5.41) is 3.46. The maximum absolute atomic E-state index is 13.1. The lowest BCUT2D eigenvalue weighted by atomic mass is 9.97. The SMILES string of the molecule is Cl.O=C(c1ccccc1)C(NCc1ccc(-c2ccccc2)cc1)c1ccccc1. The molecule has 0 radical (unpaired) electrons. The van der Waals surface area contributed by atoms with E-state index in [2.05, 4.69) is 41.7 Å². The van der Waals surface area contributed by atoms with Gasteiger partial charge in [-0.2, -0.15) is 0 Å². The quantitative estimate of drug-likeness (QED) is 0.351. The number of carbonyl (C=O) groups excluding carboxylic acids is 1. The van der Waals surface area contributed by atoms with Crippen molar-refractivity contribution in [3.05, 3.63) is 132 Å². The van der Waals surface area contributed by atoms with E-state index in [1.165, 1.54) is 11.1 Å². The summed E-state index contributed by atoms with van der Waals surface area (Å²) in [5.41, 5.74) is 5.23. The van der Waals surface area contributed by atoms with Crippen molar-refractivity contribution in [3.63, 3.8) is 0 Å². The van der Waals surface area contributed by atoms with Gasteiger partial charge in [-0.3, -0.25) is 10.1 Å². The van der Waals surface area contributed by atoms with Crippen molar-refractivity contribution < 1.29 is 4.79 Å². The van der Waals surface area contributed by atoms with Gasteiger partial charge in [0.2, 0.25) is 0 Å². The number of carbonyl (C=O) groups is 1. The van der Waals surface area contributed by atoms with Gasteiger partial charge in [0.15, 0.2) is 5.78 Å². The molecule has 1 unspecified atom stereocenters. The first-order valence-electron chi connectivity index (χ1n) is 9.83. The highest BCUT2D eigenvalue weighted by Gasteiger charge is 2.21. The van der Waals surface area contributed by atoms with Crippen molar-refractivity contribution >= 4 is 18.2 Å². The molecule has 0 fully saturated rings. The summed E-state index contributed by atoms with van der Waals surface area (Å²) in [6.07, 6.45) is 0. The molecule has 0 amide bonds. The van der Waals surface area contributed by atoms with Gasteiger partial charge in [0.1, 0.15) is 0 Å². The lowest BCUT2D eigenvalue weighted by Crippen LogP contribution is -2.28. The van der Waals surface area contributed by atoms with Crippen molar-refractivity contribution in [1.29, 1.82) is 0 Å². The number of rotatable bonds is 7. The molecule has 0 saturated heterocycles. The van der Waals surface area contributed by atoms with E-state index in [1.54, 1.807) is 0 Å². The third kappa shape index (κ3) is 5.24. The van der Waals surface area contributed by atoms with E-state index in [4.69, 9.17) is 0 Å².